The zero-order chi connectivity index (χ0) is 20.8. The van der Waals surface area contributed by atoms with E-state index in [1.54, 1.807) is 11.8 Å². The summed E-state index contributed by atoms with van der Waals surface area (Å²) in [6.07, 6.45) is 0.468. The first-order valence-corrected chi connectivity index (χ1v) is 10.3. The lowest BCUT2D eigenvalue weighted by Crippen LogP contribution is -2.85. The van der Waals surface area contributed by atoms with E-state index in [2.05, 4.69) is 43.3 Å². The zero-order valence-electron chi connectivity index (χ0n) is 17.3. The molecular formula is C24H28N2O3. The summed E-state index contributed by atoms with van der Waals surface area (Å²) in [6, 6.07) is 16.5. The number of benzene rings is 2. The average Bonchev–Trinajstić information content (AvgIpc) is 2.67. The monoisotopic (exact) mass is 392 g/mol. The molecule has 2 aromatic carbocycles. The minimum Gasteiger partial charge on any atom is -0.394 e. The van der Waals surface area contributed by atoms with Crippen molar-refractivity contribution in [3.05, 3.63) is 59.7 Å². The van der Waals surface area contributed by atoms with Crippen molar-refractivity contribution in [3.63, 3.8) is 0 Å². The van der Waals surface area contributed by atoms with E-state index in [1.165, 1.54) is 11.1 Å². The van der Waals surface area contributed by atoms with Crippen molar-refractivity contribution in [1.29, 1.82) is 0 Å². The Morgan fingerprint density at radius 3 is 2.31 bits per heavy atom. The average molecular weight is 392 g/mol. The second-order valence-corrected chi connectivity index (χ2v) is 8.26. The van der Waals surface area contributed by atoms with Crippen LogP contribution >= 0.6 is 0 Å². The van der Waals surface area contributed by atoms with Gasteiger partial charge >= 0.3 is 0 Å². The van der Waals surface area contributed by atoms with Crippen molar-refractivity contribution < 1.29 is 14.7 Å². The van der Waals surface area contributed by atoms with E-state index in [1.807, 2.05) is 24.0 Å². The molecule has 29 heavy (non-hydrogen) atoms. The van der Waals surface area contributed by atoms with Crippen LogP contribution in [-0.2, 0) is 9.59 Å². The first-order chi connectivity index (χ1) is 13.9. The number of amides is 2. The number of hydrogen-bond donors (Lipinski definition) is 1. The Kier molecular flexibility index (Phi) is 4.95. The maximum absolute atomic E-state index is 12.3. The van der Waals surface area contributed by atoms with Crippen LogP contribution in [0.2, 0.25) is 0 Å². The van der Waals surface area contributed by atoms with Gasteiger partial charge in [-0.25, -0.2) is 0 Å². The Labute approximate surface area is 171 Å². The summed E-state index contributed by atoms with van der Waals surface area (Å²) in [5.74, 6) is 0.101. The zero-order valence-corrected chi connectivity index (χ0v) is 17.3. The third-order valence-corrected chi connectivity index (χ3v) is 6.61. The summed E-state index contributed by atoms with van der Waals surface area (Å²) < 4.78 is 0. The van der Waals surface area contributed by atoms with Gasteiger partial charge in [0, 0.05) is 32.4 Å². The van der Waals surface area contributed by atoms with Crippen molar-refractivity contribution in [2.45, 2.75) is 44.7 Å². The van der Waals surface area contributed by atoms with Gasteiger partial charge in [0.25, 0.3) is 0 Å². The molecule has 0 aromatic heterocycles. The molecule has 2 fully saturated rings. The van der Waals surface area contributed by atoms with Crippen molar-refractivity contribution in [2.75, 3.05) is 19.7 Å². The van der Waals surface area contributed by atoms with Crippen LogP contribution in [0.5, 0.6) is 0 Å². The van der Waals surface area contributed by atoms with Crippen LogP contribution in [0.3, 0.4) is 0 Å². The molecule has 0 saturated carbocycles. The number of nitrogens with zero attached hydrogens (tertiary/aromatic N) is 2. The Hall–Kier alpha value is -2.66. The van der Waals surface area contributed by atoms with Gasteiger partial charge in [-0.2, -0.15) is 0 Å². The Balaban J connectivity index is 1.64. The lowest BCUT2D eigenvalue weighted by atomic mass is 9.60. The predicted molar refractivity (Wildman–Crippen MR) is 112 cm³/mol. The third-order valence-electron chi connectivity index (χ3n) is 6.61. The molecule has 4 rings (SSSR count). The predicted octanol–water partition coefficient (Wildman–Crippen LogP) is 2.96. The first-order valence-electron chi connectivity index (χ1n) is 10.3. The van der Waals surface area contributed by atoms with Crippen LogP contribution in [0.4, 0.5) is 0 Å². The number of aliphatic hydroxyl groups excluding tert-OH is 1. The van der Waals surface area contributed by atoms with E-state index >= 15 is 0 Å². The largest absolute Gasteiger partial charge is 0.394 e. The summed E-state index contributed by atoms with van der Waals surface area (Å²) in [6.45, 7) is 6.51. The molecule has 152 valence electrons. The molecule has 0 bridgehead atoms. The second-order valence-electron chi connectivity index (χ2n) is 8.26. The fraction of sp³-hybridized carbons (Fsp3) is 0.417. The number of hydrogen-bond acceptors (Lipinski definition) is 3. The van der Waals surface area contributed by atoms with Crippen LogP contribution in [0.25, 0.3) is 11.1 Å². The van der Waals surface area contributed by atoms with Crippen LogP contribution in [0, 0.1) is 6.92 Å². The number of aryl methyl sites for hydroxylation is 1. The quantitative estimate of drug-likeness (QED) is 0.870. The maximum atomic E-state index is 12.3. The number of likely N-dealkylation sites (tertiary alicyclic amines) is 2. The Morgan fingerprint density at radius 2 is 1.76 bits per heavy atom. The second kappa shape index (κ2) is 7.30. The van der Waals surface area contributed by atoms with E-state index in [0.29, 0.717) is 19.5 Å². The van der Waals surface area contributed by atoms with E-state index in [9.17, 15) is 14.7 Å². The molecule has 2 amide bonds. The number of rotatable bonds is 4. The number of carbonyl (C=O) groups excluding carboxylic acids is 2. The van der Waals surface area contributed by atoms with Gasteiger partial charge in [-0.15, -0.1) is 0 Å². The lowest BCUT2D eigenvalue weighted by molar-refractivity contribution is -0.201. The minimum atomic E-state index is -0.395. The molecule has 1 N–H and O–H groups in total. The van der Waals surface area contributed by atoms with Crippen LogP contribution in [0.1, 0.15) is 37.3 Å². The molecule has 5 heteroatoms. The fourth-order valence-electron chi connectivity index (χ4n) is 5.30. The van der Waals surface area contributed by atoms with Gasteiger partial charge in [-0.3, -0.25) is 9.59 Å². The van der Waals surface area contributed by atoms with Gasteiger partial charge in [-0.1, -0.05) is 55.5 Å². The molecule has 2 aliphatic rings. The SMILES string of the molecule is CCC(=O)N1CC2(C1)[C@@H](c1ccc(-c3ccccc3C)cc1)[C@@H](CO)N2C(C)=O. The molecule has 0 aliphatic carbocycles. The summed E-state index contributed by atoms with van der Waals surface area (Å²) in [5.41, 5.74) is 4.30. The molecule has 0 unspecified atom stereocenters. The van der Waals surface area contributed by atoms with Crippen LogP contribution in [0.15, 0.2) is 48.5 Å². The molecule has 2 saturated heterocycles. The molecule has 2 aromatic rings. The van der Waals surface area contributed by atoms with Gasteiger partial charge in [0.1, 0.15) is 0 Å². The minimum absolute atomic E-state index is 0.0308. The van der Waals surface area contributed by atoms with Crippen molar-refractivity contribution in [2.24, 2.45) is 0 Å². The topological polar surface area (TPSA) is 60.9 Å². The summed E-state index contributed by atoms with van der Waals surface area (Å²) in [7, 11) is 0. The van der Waals surface area contributed by atoms with E-state index in [4.69, 9.17) is 0 Å². The van der Waals surface area contributed by atoms with Gasteiger partial charge in [-0.05, 0) is 29.2 Å². The van der Waals surface area contributed by atoms with Crippen molar-refractivity contribution >= 4 is 11.8 Å². The van der Waals surface area contributed by atoms with E-state index in [-0.39, 0.29) is 30.4 Å². The first kappa shape index (κ1) is 19.6. The Morgan fingerprint density at radius 1 is 1.10 bits per heavy atom. The van der Waals surface area contributed by atoms with E-state index < -0.39 is 5.54 Å². The normalized spacial score (nSPS) is 22.2. The van der Waals surface area contributed by atoms with Crippen LogP contribution in [-0.4, -0.2) is 58.0 Å². The third kappa shape index (κ3) is 2.96. The molecule has 2 heterocycles. The van der Waals surface area contributed by atoms with Gasteiger partial charge < -0.3 is 14.9 Å². The molecule has 0 radical (unpaired) electrons. The number of aliphatic hydroxyl groups is 1. The molecular weight excluding hydrogens is 364 g/mol. The van der Waals surface area contributed by atoms with E-state index in [0.717, 1.165) is 11.1 Å². The summed E-state index contributed by atoms with van der Waals surface area (Å²) >= 11 is 0. The van der Waals surface area contributed by atoms with Crippen molar-refractivity contribution in [3.8, 4) is 11.1 Å². The highest BCUT2D eigenvalue weighted by atomic mass is 16.3. The maximum Gasteiger partial charge on any atom is 0.222 e. The molecule has 1 spiro atoms. The van der Waals surface area contributed by atoms with Gasteiger partial charge in [0.2, 0.25) is 11.8 Å². The molecule has 2 aliphatic heterocycles. The number of carbonyl (C=O) groups is 2. The van der Waals surface area contributed by atoms with Gasteiger partial charge in [0.15, 0.2) is 0 Å². The Bertz CT molecular complexity index is 931. The lowest BCUT2D eigenvalue weighted by Gasteiger charge is -2.70. The highest BCUT2D eigenvalue weighted by molar-refractivity contribution is 5.81. The van der Waals surface area contributed by atoms with Crippen LogP contribution < -0.4 is 0 Å². The van der Waals surface area contributed by atoms with Gasteiger partial charge in [0.05, 0.1) is 18.2 Å². The fourth-order valence-corrected chi connectivity index (χ4v) is 5.30. The highest BCUT2D eigenvalue weighted by Crippen LogP contribution is 2.54. The summed E-state index contributed by atoms with van der Waals surface area (Å²) in [4.78, 5) is 28.0. The molecule has 2 atom stereocenters. The molecule has 5 nitrogen and oxygen atoms in total. The standard InChI is InChI=1S/C24H28N2O3/c1-4-22(29)25-14-24(15-25)23(21(13-27)26(24)17(3)28)19-11-9-18(10-12-19)20-8-6-5-7-16(20)2/h5-12,21,23,27H,4,13-15H2,1-3H3/t21-,23+/m1/s1. The van der Waals surface area contributed by atoms with Crippen molar-refractivity contribution in [1.82, 2.24) is 9.80 Å². The smallest absolute Gasteiger partial charge is 0.222 e. The summed E-state index contributed by atoms with van der Waals surface area (Å²) in [5, 5.41) is 10.0. The highest BCUT2D eigenvalue weighted by Gasteiger charge is 2.67.